The maximum absolute atomic E-state index is 12.1. The molecule has 1 aromatic rings. The molecule has 0 N–H and O–H groups in total. The average molecular weight is 447 g/mol. The minimum Gasteiger partial charge on any atom is -0.426 e. The zero-order chi connectivity index (χ0) is 23.4. The van der Waals surface area contributed by atoms with Crippen molar-refractivity contribution in [1.29, 1.82) is 0 Å². The van der Waals surface area contributed by atoms with E-state index in [0.717, 1.165) is 17.7 Å². The van der Waals surface area contributed by atoms with Gasteiger partial charge < -0.3 is 4.74 Å². The van der Waals surface area contributed by atoms with Gasteiger partial charge in [-0.3, -0.25) is 4.79 Å². The van der Waals surface area contributed by atoms with Gasteiger partial charge in [0, 0.05) is 27.7 Å². The second-order valence-electron chi connectivity index (χ2n) is 11.6. The van der Waals surface area contributed by atoms with Gasteiger partial charge in [0.15, 0.2) is 0 Å². The Hall–Kier alpha value is -0.960. The maximum atomic E-state index is 12.1. The van der Waals surface area contributed by atoms with Gasteiger partial charge in [-0.05, 0) is 41.7 Å². The molecule has 0 amide bonds. The Labute approximate surface area is 196 Å². The summed E-state index contributed by atoms with van der Waals surface area (Å²) in [5.41, 5.74) is 3.69. The zero-order valence-corrected chi connectivity index (χ0v) is 22.5. The van der Waals surface area contributed by atoms with Crippen molar-refractivity contribution >= 4 is 17.7 Å². The van der Waals surface area contributed by atoms with E-state index >= 15 is 0 Å². The van der Waals surface area contributed by atoms with Crippen LogP contribution in [0.3, 0.4) is 0 Å². The molecule has 0 radical (unpaired) electrons. The number of hydrogen-bond donors (Lipinski definition) is 0. The van der Waals surface area contributed by atoms with E-state index in [1.165, 1.54) is 74.3 Å². The highest BCUT2D eigenvalue weighted by atomic mass is 32.2. The molecule has 31 heavy (non-hydrogen) atoms. The fourth-order valence-corrected chi connectivity index (χ4v) is 6.59. The first kappa shape index (κ1) is 26.3. The average Bonchev–Trinajstić information content (AvgIpc) is 2.97. The summed E-state index contributed by atoms with van der Waals surface area (Å²) in [5.74, 6) is 0.600. The van der Waals surface area contributed by atoms with Crippen LogP contribution >= 0.6 is 11.8 Å². The van der Waals surface area contributed by atoms with Crippen molar-refractivity contribution < 1.29 is 9.53 Å². The smallest absolute Gasteiger partial charge is 0.308 e. The highest BCUT2D eigenvalue weighted by Gasteiger charge is 2.42. The molecule has 0 saturated carbocycles. The van der Waals surface area contributed by atoms with E-state index in [-0.39, 0.29) is 21.5 Å². The number of carbonyl (C=O) groups excluding carboxylic acids is 1. The molecule has 3 heteroatoms. The Kier molecular flexibility index (Phi) is 8.75. The molecule has 0 bridgehead atoms. The number of esters is 1. The van der Waals surface area contributed by atoms with Gasteiger partial charge in [-0.1, -0.05) is 93.9 Å². The quantitative estimate of drug-likeness (QED) is 0.215. The van der Waals surface area contributed by atoms with Crippen molar-refractivity contribution in [3.8, 4) is 5.75 Å². The molecule has 0 aliphatic carbocycles. The van der Waals surface area contributed by atoms with Crippen LogP contribution in [-0.4, -0.2) is 10.7 Å². The van der Waals surface area contributed by atoms with Crippen LogP contribution in [0.2, 0.25) is 0 Å². The molecular weight excluding hydrogens is 400 g/mol. The molecule has 176 valence electrons. The summed E-state index contributed by atoms with van der Waals surface area (Å²) in [7, 11) is 0. The maximum Gasteiger partial charge on any atom is 0.308 e. The van der Waals surface area contributed by atoms with Crippen molar-refractivity contribution in [2.45, 2.75) is 141 Å². The lowest BCUT2D eigenvalue weighted by Gasteiger charge is -2.31. The normalized spacial score (nSPS) is 15.8. The topological polar surface area (TPSA) is 26.3 Å². The SMILES string of the molecule is CCCCCC1(CCCCC)Cc2c(cc(C(C)(C)C)c(OC(C)=O)c2C(C)(C)C)S1. The van der Waals surface area contributed by atoms with Crippen LogP contribution < -0.4 is 4.74 Å². The molecule has 0 atom stereocenters. The van der Waals surface area contributed by atoms with Gasteiger partial charge in [0.1, 0.15) is 5.75 Å². The number of unbranched alkanes of at least 4 members (excludes halogenated alkanes) is 4. The van der Waals surface area contributed by atoms with Gasteiger partial charge in [-0.15, -0.1) is 11.8 Å². The van der Waals surface area contributed by atoms with Crippen molar-refractivity contribution in [1.82, 2.24) is 0 Å². The van der Waals surface area contributed by atoms with Gasteiger partial charge in [0.2, 0.25) is 0 Å². The molecule has 0 unspecified atom stereocenters. The van der Waals surface area contributed by atoms with E-state index in [1.54, 1.807) is 0 Å². The van der Waals surface area contributed by atoms with Crippen molar-refractivity contribution in [2.75, 3.05) is 0 Å². The van der Waals surface area contributed by atoms with E-state index < -0.39 is 0 Å². The number of hydrogen-bond acceptors (Lipinski definition) is 3. The van der Waals surface area contributed by atoms with Crippen LogP contribution in [0, 0.1) is 0 Å². The van der Waals surface area contributed by atoms with Crippen LogP contribution in [0.1, 0.15) is 130 Å². The number of fused-ring (bicyclic) bond motifs is 1. The Morgan fingerprint density at radius 1 is 0.968 bits per heavy atom. The third kappa shape index (κ3) is 6.53. The van der Waals surface area contributed by atoms with Crippen molar-refractivity contribution in [2.24, 2.45) is 0 Å². The summed E-state index contributed by atoms with van der Waals surface area (Å²) in [6, 6.07) is 2.36. The molecule has 2 rings (SSSR count). The largest absolute Gasteiger partial charge is 0.426 e. The Balaban J connectivity index is 2.63. The molecule has 1 heterocycles. The first-order valence-electron chi connectivity index (χ1n) is 12.4. The second kappa shape index (κ2) is 10.3. The number of rotatable bonds is 9. The van der Waals surface area contributed by atoms with E-state index in [4.69, 9.17) is 4.74 Å². The monoisotopic (exact) mass is 446 g/mol. The minimum absolute atomic E-state index is 0.0837. The lowest BCUT2D eigenvalue weighted by molar-refractivity contribution is -0.132. The van der Waals surface area contributed by atoms with Crippen LogP contribution in [-0.2, 0) is 22.0 Å². The Morgan fingerprint density at radius 2 is 1.52 bits per heavy atom. The third-order valence-electron chi connectivity index (χ3n) is 6.45. The van der Waals surface area contributed by atoms with Crippen LogP contribution in [0.15, 0.2) is 11.0 Å². The number of benzene rings is 1. The highest BCUT2D eigenvalue weighted by molar-refractivity contribution is 8.01. The number of thioether (sulfide) groups is 1. The predicted octanol–water partition coefficient (Wildman–Crippen LogP) is 8.75. The minimum atomic E-state index is -0.223. The predicted molar refractivity (Wildman–Crippen MR) is 136 cm³/mol. The molecular formula is C28H46O2S. The molecule has 1 aliphatic heterocycles. The Bertz CT molecular complexity index is 755. The molecule has 0 spiro atoms. The number of ether oxygens (including phenoxy) is 1. The van der Waals surface area contributed by atoms with E-state index in [9.17, 15) is 4.79 Å². The molecule has 0 saturated heterocycles. The fraction of sp³-hybridized carbons (Fsp3) is 0.750. The van der Waals surface area contributed by atoms with Gasteiger partial charge >= 0.3 is 5.97 Å². The highest BCUT2D eigenvalue weighted by Crippen LogP contribution is 2.56. The van der Waals surface area contributed by atoms with Crippen LogP contribution in [0.25, 0.3) is 0 Å². The molecule has 0 fully saturated rings. The summed E-state index contributed by atoms with van der Waals surface area (Å²) in [6.07, 6.45) is 11.4. The van der Waals surface area contributed by atoms with Crippen LogP contribution in [0.4, 0.5) is 0 Å². The van der Waals surface area contributed by atoms with Gasteiger partial charge in [-0.2, -0.15) is 0 Å². The van der Waals surface area contributed by atoms with Crippen LogP contribution in [0.5, 0.6) is 5.75 Å². The first-order valence-corrected chi connectivity index (χ1v) is 13.2. The molecule has 1 aliphatic rings. The summed E-state index contributed by atoms with van der Waals surface area (Å²) in [6.45, 7) is 19.6. The summed E-state index contributed by atoms with van der Waals surface area (Å²) >= 11 is 2.13. The molecule has 1 aromatic carbocycles. The summed E-state index contributed by atoms with van der Waals surface area (Å²) < 4.78 is 6.26. The van der Waals surface area contributed by atoms with Gasteiger partial charge in [-0.25, -0.2) is 0 Å². The first-order chi connectivity index (χ1) is 14.3. The van der Waals surface area contributed by atoms with Crippen molar-refractivity contribution in [3.05, 3.63) is 22.8 Å². The van der Waals surface area contributed by atoms with Gasteiger partial charge in [0.05, 0.1) is 0 Å². The van der Waals surface area contributed by atoms with E-state index in [2.05, 4.69) is 73.2 Å². The third-order valence-corrected chi connectivity index (χ3v) is 8.02. The number of carbonyl (C=O) groups is 1. The lowest BCUT2D eigenvalue weighted by Crippen LogP contribution is -2.26. The van der Waals surface area contributed by atoms with Gasteiger partial charge in [0.25, 0.3) is 0 Å². The Morgan fingerprint density at radius 3 is 1.94 bits per heavy atom. The van der Waals surface area contributed by atoms with Crippen molar-refractivity contribution in [3.63, 3.8) is 0 Å². The molecule has 2 nitrogen and oxygen atoms in total. The zero-order valence-electron chi connectivity index (χ0n) is 21.7. The summed E-state index contributed by atoms with van der Waals surface area (Å²) in [5, 5.41) is 0. The lowest BCUT2D eigenvalue weighted by atomic mass is 9.75. The van der Waals surface area contributed by atoms with E-state index in [1.807, 2.05) is 0 Å². The fourth-order valence-electron chi connectivity index (χ4n) is 4.94. The van der Waals surface area contributed by atoms with E-state index in [0.29, 0.717) is 0 Å². The second-order valence-corrected chi connectivity index (χ2v) is 13.1. The summed E-state index contributed by atoms with van der Waals surface area (Å²) in [4.78, 5) is 13.5. The standard InChI is InChI=1S/C28H46O2S/c1-10-12-14-16-28(17-15-13-11-2)19-21-23(31-28)18-22(26(4,5)6)25(30-20(3)29)24(21)27(7,8)9/h18H,10-17,19H2,1-9H3. The molecule has 0 aromatic heterocycles.